The van der Waals surface area contributed by atoms with E-state index in [0.717, 1.165) is 0 Å². The Morgan fingerprint density at radius 3 is 2.37 bits per heavy atom. The maximum atomic E-state index is 10.9. The van der Waals surface area contributed by atoms with Crippen LogP contribution in [0.5, 0.6) is 5.75 Å². The van der Waals surface area contributed by atoms with E-state index in [9.17, 15) is 15.4 Å². The molecule has 0 radical (unpaired) electrons. The highest BCUT2D eigenvalue weighted by Gasteiger charge is 2.13. The van der Waals surface area contributed by atoms with Crippen molar-refractivity contribution < 1.29 is 9.66 Å². The number of non-ortho nitro benzene ring substituents is 1. The van der Waals surface area contributed by atoms with Crippen LogP contribution < -0.4 is 4.74 Å². The fourth-order valence-corrected chi connectivity index (χ4v) is 3.58. The van der Waals surface area contributed by atoms with E-state index in [1.165, 1.54) is 12.1 Å². The molecule has 0 aliphatic carbocycles. The van der Waals surface area contributed by atoms with E-state index in [-0.39, 0.29) is 28.1 Å². The smallest absolute Gasteiger partial charge is 0.269 e. The highest BCUT2D eigenvalue weighted by atomic mass is 35.5. The molecule has 0 bridgehead atoms. The zero-order valence-corrected chi connectivity index (χ0v) is 17.6. The molecular formula is C22H13Cl3N2O3. The second-order valence-electron chi connectivity index (χ2n) is 6.18. The summed E-state index contributed by atoms with van der Waals surface area (Å²) in [6, 6.07) is 18.5. The van der Waals surface area contributed by atoms with Crippen LogP contribution in [0.25, 0.3) is 11.6 Å². The monoisotopic (exact) mass is 458 g/mol. The van der Waals surface area contributed by atoms with Crippen molar-refractivity contribution in [3.05, 3.63) is 103 Å². The van der Waals surface area contributed by atoms with Crippen LogP contribution in [0.4, 0.5) is 5.69 Å². The van der Waals surface area contributed by atoms with Crippen LogP contribution in [0.1, 0.15) is 16.7 Å². The first-order chi connectivity index (χ1) is 14.4. The molecule has 0 aromatic heterocycles. The van der Waals surface area contributed by atoms with Gasteiger partial charge in [0.15, 0.2) is 5.75 Å². The van der Waals surface area contributed by atoms with E-state index >= 15 is 0 Å². The Labute approximate surface area is 187 Å². The molecule has 150 valence electrons. The Kier molecular flexibility index (Phi) is 6.96. The molecule has 0 atom stereocenters. The van der Waals surface area contributed by atoms with Crippen molar-refractivity contribution in [3.63, 3.8) is 0 Å². The quantitative estimate of drug-likeness (QED) is 0.169. The molecule has 0 saturated carbocycles. The lowest BCUT2D eigenvalue weighted by Crippen LogP contribution is -1.98. The van der Waals surface area contributed by atoms with E-state index in [1.54, 1.807) is 54.6 Å². The average Bonchev–Trinajstić information content (AvgIpc) is 2.72. The van der Waals surface area contributed by atoms with Crippen molar-refractivity contribution in [3.8, 4) is 11.8 Å². The summed E-state index contributed by atoms with van der Waals surface area (Å²) in [6.45, 7) is 0.0549. The Morgan fingerprint density at radius 2 is 1.73 bits per heavy atom. The predicted octanol–water partition coefficient (Wildman–Crippen LogP) is 7.20. The SMILES string of the molecule is N#CC(=Cc1cc(Cl)c(OCc2cccc([N+](=O)[O-])c2)c(Cl)c1)c1ccccc1Cl. The number of rotatable bonds is 6. The van der Waals surface area contributed by atoms with E-state index in [1.807, 2.05) is 0 Å². The second kappa shape index (κ2) is 9.64. The van der Waals surface area contributed by atoms with Crippen LogP contribution >= 0.6 is 34.8 Å². The van der Waals surface area contributed by atoms with Gasteiger partial charge in [0.05, 0.1) is 26.6 Å². The topological polar surface area (TPSA) is 76.2 Å². The number of nitro groups is 1. The van der Waals surface area contributed by atoms with Gasteiger partial charge in [-0.2, -0.15) is 5.26 Å². The molecule has 8 heteroatoms. The lowest BCUT2D eigenvalue weighted by molar-refractivity contribution is -0.384. The molecule has 0 unspecified atom stereocenters. The third-order valence-electron chi connectivity index (χ3n) is 4.12. The van der Waals surface area contributed by atoms with Gasteiger partial charge in [0.2, 0.25) is 0 Å². The predicted molar refractivity (Wildman–Crippen MR) is 119 cm³/mol. The minimum atomic E-state index is -0.476. The van der Waals surface area contributed by atoms with Crippen LogP contribution in [0.2, 0.25) is 15.1 Å². The van der Waals surface area contributed by atoms with Gasteiger partial charge in [0.1, 0.15) is 6.61 Å². The van der Waals surface area contributed by atoms with Gasteiger partial charge >= 0.3 is 0 Å². The molecule has 0 aliphatic heterocycles. The Morgan fingerprint density at radius 1 is 1.03 bits per heavy atom. The van der Waals surface area contributed by atoms with Crippen LogP contribution in [0, 0.1) is 21.4 Å². The highest BCUT2D eigenvalue weighted by Crippen LogP contribution is 2.36. The molecule has 0 amide bonds. The molecule has 3 aromatic rings. The number of nitrogens with zero attached hydrogens (tertiary/aromatic N) is 2. The van der Waals surface area contributed by atoms with Gasteiger partial charge < -0.3 is 4.74 Å². The fraction of sp³-hybridized carbons (Fsp3) is 0.0455. The summed E-state index contributed by atoms with van der Waals surface area (Å²) in [5.74, 6) is 0.248. The molecule has 3 aromatic carbocycles. The molecule has 30 heavy (non-hydrogen) atoms. The lowest BCUT2D eigenvalue weighted by atomic mass is 10.0. The van der Waals surface area contributed by atoms with Crippen LogP contribution in [0.15, 0.2) is 60.7 Å². The second-order valence-corrected chi connectivity index (χ2v) is 7.40. The van der Waals surface area contributed by atoms with Crippen molar-refractivity contribution in [2.45, 2.75) is 6.61 Å². The lowest BCUT2D eigenvalue weighted by Gasteiger charge is -2.11. The standard InChI is InChI=1S/C22H13Cl3N2O3/c23-19-7-2-1-6-18(19)16(12-26)8-15-10-20(24)22(21(25)11-15)30-13-14-4-3-5-17(9-14)27(28)29/h1-11H,13H2. The number of halogens is 3. The Hall–Kier alpha value is -3.04. The number of hydrogen-bond acceptors (Lipinski definition) is 4. The molecule has 0 fully saturated rings. The van der Waals surface area contributed by atoms with Crippen molar-refractivity contribution >= 4 is 52.1 Å². The highest BCUT2D eigenvalue weighted by molar-refractivity contribution is 6.37. The van der Waals surface area contributed by atoms with Gasteiger partial charge in [0.25, 0.3) is 5.69 Å². The van der Waals surface area contributed by atoms with Crippen LogP contribution in [-0.4, -0.2) is 4.92 Å². The number of ether oxygens (including phenoxy) is 1. The van der Waals surface area contributed by atoms with Gasteiger partial charge in [-0.15, -0.1) is 0 Å². The normalized spacial score (nSPS) is 11.1. The maximum absolute atomic E-state index is 10.9. The van der Waals surface area contributed by atoms with Gasteiger partial charge in [-0.05, 0) is 35.4 Å². The number of benzene rings is 3. The zero-order chi connectivity index (χ0) is 21.7. The first-order valence-electron chi connectivity index (χ1n) is 8.61. The molecule has 0 aliphatic rings. The first-order valence-corrected chi connectivity index (χ1v) is 9.74. The summed E-state index contributed by atoms with van der Waals surface area (Å²) in [5.41, 5.74) is 2.13. The summed E-state index contributed by atoms with van der Waals surface area (Å²) in [7, 11) is 0. The average molecular weight is 460 g/mol. The number of nitriles is 1. The van der Waals surface area contributed by atoms with Gasteiger partial charge in [-0.25, -0.2) is 0 Å². The molecule has 5 nitrogen and oxygen atoms in total. The Balaban J connectivity index is 1.85. The van der Waals surface area contributed by atoms with Gasteiger partial charge in [-0.3, -0.25) is 10.1 Å². The van der Waals surface area contributed by atoms with Crippen LogP contribution in [0.3, 0.4) is 0 Å². The number of allylic oxidation sites excluding steroid dienone is 1. The minimum Gasteiger partial charge on any atom is -0.486 e. The summed E-state index contributed by atoms with van der Waals surface area (Å²) in [4.78, 5) is 10.4. The minimum absolute atomic E-state index is 0.0302. The van der Waals surface area contributed by atoms with E-state index in [0.29, 0.717) is 27.3 Å². The molecule has 0 N–H and O–H groups in total. The maximum Gasteiger partial charge on any atom is 0.269 e. The first kappa shape index (κ1) is 21.7. The van der Waals surface area contributed by atoms with Gasteiger partial charge in [-0.1, -0.05) is 65.1 Å². The molecule has 3 rings (SSSR count). The van der Waals surface area contributed by atoms with Gasteiger partial charge in [0, 0.05) is 22.7 Å². The number of hydrogen-bond donors (Lipinski definition) is 0. The summed E-state index contributed by atoms with van der Waals surface area (Å²) in [5, 5.41) is 21.4. The third-order valence-corrected chi connectivity index (χ3v) is 5.01. The molecule has 0 saturated heterocycles. The Bertz CT molecular complexity index is 1160. The fourth-order valence-electron chi connectivity index (χ4n) is 2.73. The van der Waals surface area contributed by atoms with E-state index in [2.05, 4.69) is 6.07 Å². The summed E-state index contributed by atoms with van der Waals surface area (Å²) in [6.07, 6.45) is 1.63. The third kappa shape index (κ3) is 5.11. The van der Waals surface area contributed by atoms with E-state index in [4.69, 9.17) is 39.5 Å². The van der Waals surface area contributed by atoms with Crippen molar-refractivity contribution in [2.75, 3.05) is 0 Å². The molecular weight excluding hydrogens is 447 g/mol. The van der Waals surface area contributed by atoms with Crippen LogP contribution in [-0.2, 0) is 6.61 Å². The zero-order valence-electron chi connectivity index (χ0n) is 15.3. The summed E-state index contributed by atoms with van der Waals surface area (Å²) < 4.78 is 5.69. The number of nitro benzene ring substituents is 1. The van der Waals surface area contributed by atoms with Crippen molar-refractivity contribution in [2.24, 2.45) is 0 Å². The van der Waals surface area contributed by atoms with Crippen molar-refractivity contribution in [1.82, 2.24) is 0 Å². The van der Waals surface area contributed by atoms with Crippen molar-refractivity contribution in [1.29, 1.82) is 5.26 Å². The summed E-state index contributed by atoms with van der Waals surface area (Å²) >= 11 is 18.8. The molecule has 0 spiro atoms. The largest absolute Gasteiger partial charge is 0.486 e. The molecule has 0 heterocycles. The van der Waals surface area contributed by atoms with E-state index < -0.39 is 4.92 Å².